The van der Waals surface area contributed by atoms with Crippen molar-refractivity contribution in [2.75, 3.05) is 13.1 Å². The van der Waals surface area contributed by atoms with Gasteiger partial charge in [-0.2, -0.15) is 0 Å². The Balaban J connectivity index is 1.62. The zero-order valence-electron chi connectivity index (χ0n) is 31.3. The van der Waals surface area contributed by atoms with E-state index in [0.29, 0.717) is 16.7 Å². The normalized spacial score (nSPS) is 10.7. The highest BCUT2D eigenvalue weighted by Crippen LogP contribution is 2.23. The van der Waals surface area contributed by atoms with Gasteiger partial charge in [-0.15, -0.1) is 0 Å². The highest BCUT2D eigenvalue weighted by atomic mass is 16.6. The quantitative estimate of drug-likeness (QED) is 0.0491. The van der Waals surface area contributed by atoms with Gasteiger partial charge in [0.1, 0.15) is 5.56 Å². The summed E-state index contributed by atoms with van der Waals surface area (Å²) in [7, 11) is 0. The summed E-state index contributed by atoms with van der Waals surface area (Å²) < 4.78 is 0. The molecule has 272 valence electrons. The Kier molecular flexibility index (Phi) is 19.2. The van der Waals surface area contributed by atoms with Crippen LogP contribution in [0.2, 0.25) is 0 Å². The fourth-order valence-corrected chi connectivity index (χ4v) is 6.22. The van der Waals surface area contributed by atoms with Gasteiger partial charge in [-0.25, -0.2) is 4.79 Å². The highest BCUT2D eigenvalue weighted by molar-refractivity contribution is 5.87. The maximum atomic E-state index is 11.9. The first-order valence-corrected chi connectivity index (χ1v) is 19.3. The lowest BCUT2D eigenvalue weighted by atomic mass is 10.0. The van der Waals surface area contributed by atoms with Gasteiger partial charge in [-0.1, -0.05) is 140 Å². The van der Waals surface area contributed by atoms with E-state index in [1.54, 1.807) is 18.2 Å². The van der Waals surface area contributed by atoms with Gasteiger partial charge in [-0.05, 0) is 86.4 Å². The topological polar surface area (TPSA) is 83.7 Å². The number of carboxylic acids is 1. The third-order valence-electron chi connectivity index (χ3n) is 9.37. The van der Waals surface area contributed by atoms with Crippen molar-refractivity contribution in [1.82, 2.24) is 4.90 Å². The third-order valence-corrected chi connectivity index (χ3v) is 9.37. The van der Waals surface area contributed by atoms with Crippen LogP contribution >= 0.6 is 0 Å². The molecule has 0 saturated heterocycles. The van der Waals surface area contributed by atoms with Crippen molar-refractivity contribution in [3.05, 3.63) is 110 Å². The molecule has 3 aromatic carbocycles. The number of hydrogen-bond acceptors (Lipinski definition) is 4. The van der Waals surface area contributed by atoms with E-state index in [1.807, 2.05) is 19.1 Å². The molecular weight excluding hydrogens is 633 g/mol. The van der Waals surface area contributed by atoms with Gasteiger partial charge in [0.25, 0.3) is 5.69 Å². The predicted octanol–water partition coefficient (Wildman–Crippen LogP) is 11.5. The molecule has 6 nitrogen and oxygen atoms in total. The lowest BCUT2D eigenvalue weighted by Crippen LogP contribution is -2.25. The summed E-state index contributed by atoms with van der Waals surface area (Å²) in [5, 5.41) is 21.0. The number of rotatable bonds is 22. The van der Waals surface area contributed by atoms with E-state index in [1.165, 1.54) is 126 Å². The van der Waals surface area contributed by atoms with Crippen LogP contribution in [0.15, 0.2) is 60.7 Å². The van der Waals surface area contributed by atoms with Crippen LogP contribution in [-0.4, -0.2) is 34.0 Å². The van der Waals surface area contributed by atoms with Gasteiger partial charge < -0.3 is 5.11 Å². The molecule has 1 N–H and O–H groups in total. The van der Waals surface area contributed by atoms with E-state index in [9.17, 15) is 14.9 Å². The molecule has 0 amide bonds. The minimum atomic E-state index is -1.02. The molecule has 0 spiro atoms. The van der Waals surface area contributed by atoms with Crippen LogP contribution in [-0.2, 0) is 6.54 Å². The van der Waals surface area contributed by atoms with Crippen LogP contribution in [0.3, 0.4) is 0 Å². The van der Waals surface area contributed by atoms with Gasteiger partial charge >= 0.3 is 5.97 Å². The van der Waals surface area contributed by atoms with Crippen LogP contribution in [0.25, 0.3) is 0 Å². The molecule has 51 heavy (non-hydrogen) atoms. The molecule has 0 atom stereocenters. The second-order valence-electron chi connectivity index (χ2n) is 13.7. The lowest BCUT2D eigenvalue weighted by Gasteiger charge is -2.22. The van der Waals surface area contributed by atoms with E-state index in [4.69, 9.17) is 5.11 Å². The molecule has 0 unspecified atom stereocenters. The van der Waals surface area contributed by atoms with E-state index in [0.717, 1.165) is 30.8 Å². The van der Waals surface area contributed by atoms with Crippen molar-refractivity contribution in [2.45, 2.75) is 130 Å². The number of carboxylic acid groups (broad SMARTS) is 1. The van der Waals surface area contributed by atoms with Crippen LogP contribution in [0.1, 0.15) is 160 Å². The number of nitrogens with zero attached hydrogens (tertiary/aromatic N) is 2. The van der Waals surface area contributed by atoms with E-state index >= 15 is 0 Å². The third kappa shape index (κ3) is 16.0. The smallest absolute Gasteiger partial charge is 0.335 e. The van der Waals surface area contributed by atoms with Crippen LogP contribution in [0.5, 0.6) is 0 Å². The van der Waals surface area contributed by atoms with E-state index in [-0.39, 0.29) is 11.3 Å². The molecule has 0 radical (unpaired) electrons. The summed E-state index contributed by atoms with van der Waals surface area (Å²) in [5.74, 6) is 11.1. The van der Waals surface area contributed by atoms with Crippen molar-refractivity contribution in [3.63, 3.8) is 0 Å². The monoisotopic (exact) mass is 690 g/mol. The Morgan fingerprint density at radius 2 is 1.10 bits per heavy atom. The summed E-state index contributed by atoms with van der Waals surface area (Å²) in [6, 6.07) is 17.7. The zero-order chi connectivity index (χ0) is 36.7. The number of hydrogen-bond donors (Lipinski definition) is 1. The summed E-state index contributed by atoms with van der Waals surface area (Å²) in [5.41, 5.74) is 4.45. The first-order chi connectivity index (χ1) is 24.8. The predicted molar refractivity (Wildman–Crippen MR) is 210 cm³/mol. The van der Waals surface area contributed by atoms with Crippen molar-refractivity contribution >= 4 is 11.7 Å². The summed E-state index contributed by atoms with van der Waals surface area (Å²) >= 11 is 0. The number of nitro groups is 1. The van der Waals surface area contributed by atoms with Crippen molar-refractivity contribution in [2.24, 2.45) is 0 Å². The number of aromatic carboxylic acids is 1. The highest BCUT2D eigenvalue weighted by Gasteiger charge is 2.15. The van der Waals surface area contributed by atoms with Crippen molar-refractivity contribution in [1.29, 1.82) is 0 Å². The van der Waals surface area contributed by atoms with Gasteiger partial charge in [-0.3, -0.25) is 15.0 Å². The lowest BCUT2D eigenvalue weighted by molar-refractivity contribution is -0.385. The Morgan fingerprint density at radius 1 is 0.647 bits per heavy atom. The zero-order valence-corrected chi connectivity index (χ0v) is 31.3. The fourth-order valence-electron chi connectivity index (χ4n) is 6.22. The number of benzene rings is 3. The Hall–Kier alpha value is -4.39. The number of nitro benzene ring substituents is 1. The molecule has 0 fully saturated rings. The Bertz CT molecular complexity index is 1600. The van der Waals surface area contributed by atoms with Gasteiger partial charge in [0.2, 0.25) is 0 Å². The molecule has 0 aliphatic rings. The molecule has 0 aliphatic carbocycles. The maximum absolute atomic E-state index is 11.9. The molecule has 0 heterocycles. The summed E-state index contributed by atoms with van der Waals surface area (Å²) in [6.07, 6.45) is 21.3. The number of unbranched alkanes of at least 4 members (excludes halogenated alkanes) is 14. The molecule has 0 saturated carbocycles. The molecule has 3 rings (SSSR count). The molecule has 3 aromatic rings. The summed E-state index contributed by atoms with van der Waals surface area (Å²) in [4.78, 5) is 25.2. The Morgan fingerprint density at radius 3 is 1.57 bits per heavy atom. The molecule has 0 aliphatic heterocycles. The SMILES string of the molecule is CCCCCCCCCCN(CCCCCCCCCC)Cc1ccc(C#Cc2cc([N+](=O)[O-])c(C#Cc3ccc(C(=O)O)cc3)cc2C)cc1. The van der Waals surface area contributed by atoms with Gasteiger partial charge in [0.05, 0.1) is 10.5 Å². The minimum absolute atomic E-state index is 0.108. The van der Waals surface area contributed by atoms with Gasteiger partial charge in [0.15, 0.2) is 0 Å². The van der Waals surface area contributed by atoms with E-state index < -0.39 is 10.9 Å². The van der Waals surface area contributed by atoms with Crippen LogP contribution < -0.4 is 0 Å². The second-order valence-corrected chi connectivity index (χ2v) is 13.7. The molecular formula is C45H58N2O4. The van der Waals surface area contributed by atoms with Crippen molar-refractivity contribution in [3.8, 4) is 23.7 Å². The average Bonchev–Trinajstić information content (AvgIpc) is 3.12. The van der Waals surface area contributed by atoms with E-state index in [2.05, 4.69) is 54.6 Å². The number of aryl methyl sites for hydroxylation is 1. The van der Waals surface area contributed by atoms with Crippen LogP contribution in [0, 0.1) is 40.7 Å². The largest absolute Gasteiger partial charge is 0.478 e. The maximum Gasteiger partial charge on any atom is 0.335 e. The molecule has 6 heteroatoms. The second kappa shape index (κ2) is 23.9. The molecule has 0 aromatic heterocycles. The first kappa shape index (κ1) is 41.0. The average molecular weight is 691 g/mol. The van der Waals surface area contributed by atoms with Gasteiger partial charge in [0, 0.05) is 29.3 Å². The summed E-state index contributed by atoms with van der Waals surface area (Å²) in [6.45, 7) is 9.64. The fraction of sp³-hybridized carbons (Fsp3) is 0.489. The van der Waals surface area contributed by atoms with Crippen LogP contribution in [0.4, 0.5) is 5.69 Å². The van der Waals surface area contributed by atoms with Crippen molar-refractivity contribution < 1.29 is 14.8 Å². The minimum Gasteiger partial charge on any atom is -0.478 e. The number of carbonyl (C=O) groups is 1. The first-order valence-electron chi connectivity index (χ1n) is 19.3. The standard InChI is InChI=1S/C45H58N2O4/c1-4-6-8-10-12-14-16-18-32-46(33-19-17-15-13-11-9-7-5-2)36-40-22-20-38(21-23-40)26-30-42-35-44(47(50)51)43(34-37(42)3)31-27-39-24-28-41(29-25-39)45(48)49/h20-25,28-29,34-35H,4-19,32-33,36H2,1-3H3,(H,48,49). The Labute approximate surface area is 307 Å². The molecule has 0 bridgehead atoms.